The molecule has 9 nitrogen and oxygen atoms in total. The minimum absolute atomic E-state index is 0.194. The minimum Gasteiger partial charge on any atom is -0.495 e. The van der Waals surface area contributed by atoms with Crippen molar-refractivity contribution in [2.75, 3.05) is 11.8 Å². The summed E-state index contributed by atoms with van der Waals surface area (Å²) in [5.74, 6) is 0.303. The normalized spacial score (nSPS) is 11.4. The summed E-state index contributed by atoms with van der Waals surface area (Å²) in [5.41, 5.74) is 3.06. The quantitative estimate of drug-likeness (QED) is 0.359. The van der Waals surface area contributed by atoms with Gasteiger partial charge < -0.3 is 9.14 Å². The average molecular weight is 438 g/mol. The molecule has 0 spiro atoms. The van der Waals surface area contributed by atoms with Crippen molar-refractivity contribution in [1.29, 1.82) is 0 Å². The topological polar surface area (TPSA) is 116 Å². The Morgan fingerprint density at radius 1 is 1.13 bits per heavy atom. The van der Waals surface area contributed by atoms with E-state index in [4.69, 9.17) is 4.74 Å². The molecule has 0 aliphatic carbocycles. The van der Waals surface area contributed by atoms with E-state index in [1.54, 1.807) is 18.2 Å². The zero-order valence-corrected chi connectivity index (χ0v) is 17.5. The van der Waals surface area contributed by atoms with Crippen LogP contribution in [0.1, 0.15) is 5.56 Å². The van der Waals surface area contributed by atoms with Crippen LogP contribution in [0.25, 0.3) is 16.9 Å². The number of benzene rings is 2. The molecular weight excluding hydrogens is 420 g/mol. The number of fused-ring (bicyclic) bond motifs is 1. The summed E-state index contributed by atoms with van der Waals surface area (Å²) in [6, 6.07) is 13.8. The number of ether oxygens (including phenoxy) is 1. The van der Waals surface area contributed by atoms with Crippen molar-refractivity contribution in [2.24, 2.45) is 0 Å². The van der Waals surface area contributed by atoms with Gasteiger partial charge in [-0.3, -0.25) is 14.8 Å². The number of hydrogen-bond acceptors (Lipinski definition) is 6. The van der Waals surface area contributed by atoms with Gasteiger partial charge in [-0.15, -0.1) is 0 Å². The molecule has 4 rings (SSSR count). The van der Waals surface area contributed by atoms with Gasteiger partial charge in [0.25, 0.3) is 15.7 Å². The smallest absolute Gasteiger partial charge is 0.270 e. The highest BCUT2D eigenvalue weighted by Gasteiger charge is 2.20. The summed E-state index contributed by atoms with van der Waals surface area (Å²) < 4.78 is 35.4. The zero-order chi connectivity index (χ0) is 22.2. The van der Waals surface area contributed by atoms with Crippen LogP contribution in [0.5, 0.6) is 5.75 Å². The van der Waals surface area contributed by atoms with E-state index < -0.39 is 14.9 Å². The Morgan fingerprint density at radius 3 is 2.68 bits per heavy atom. The molecule has 0 aliphatic heterocycles. The number of rotatable bonds is 6. The number of non-ortho nitro benzene ring substituents is 1. The van der Waals surface area contributed by atoms with Gasteiger partial charge in [0, 0.05) is 30.1 Å². The van der Waals surface area contributed by atoms with E-state index in [1.165, 1.54) is 25.3 Å². The molecule has 0 amide bonds. The van der Waals surface area contributed by atoms with Gasteiger partial charge in [0.1, 0.15) is 11.4 Å². The Bertz CT molecular complexity index is 1410. The van der Waals surface area contributed by atoms with Crippen molar-refractivity contribution in [3.63, 3.8) is 0 Å². The molecule has 4 aromatic rings. The molecule has 0 saturated heterocycles. The van der Waals surface area contributed by atoms with Crippen molar-refractivity contribution in [2.45, 2.75) is 11.8 Å². The number of aromatic nitrogens is 2. The Labute approximate surface area is 178 Å². The van der Waals surface area contributed by atoms with Crippen LogP contribution in [0.4, 0.5) is 11.4 Å². The van der Waals surface area contributed by atoms with Crippen molar-refractivity contribution >= 4 is 27.0 Å². The van der Waals surface area contributed by atoms with Crippen LogP contribution in [0.2, 0.25) is 0 Å². The lowest BCUT2D eigenvalue weighted by atomic mass is 10.1. The second-order valence-electron chi connectivity index (χ2n) is 6.87. The number of sulfonamides is 1. The molecule has 2 aromatic heterocycles. The van der Waals surface area contributed by atoms with Gasteiger partial charge in [0.05, 0.1) is 28.3 Å². The third kappa shape index (κ3) is 4.05. The van der Waals surface area contributed by atoms with E-state index in [9.17, 15) is 18.5 Å². The monoisotopic (exact) mass is 438 g/mol. The molecule has 2 heterocycles. The van der Waals surface area contributed by atoms with Crippen LogP contribution < -0.4 is 9.46 Å². The zero-order valence-electron chi connectivity index (χ0n) is 16.6. The number of methoxy groups -OCH3 is 1. The fraction of sp³-hybridized carbons (Fsp3) is 0.0952. The van der Waals surface area contributed by atoms with Gasteiger partial charge in [0.15, 0.2) is 0 Å². The molecule has 0 fully saturated rings. The molecule has 2 aromatic carbocycles. The highest BCUT2D eigenvalue weighted by Crippen LogP contribution is 2.32. The number of anilines is 1. The van der Waals surface area contributed by atoms with Crippen molar-refractivity contribution < 1.29 is 18.1 Å². The second kappa shape index (κ2) is 7.73. The van der Waals surface area contributed by atoms with Gasteiger partial charge >= 0.3 is 0 Å². The number of nitro benzene ring substituents is 1. The first-order valence-electron chi connectivity index (χ1n) is 9.18. The average Bonchev–Trinajstić information content (AvgIpc) is 3.16. The van der Waals surface area contributed by atoms with Gasteiger partial charge in [-0.05, 0) is 48.9 Å². The molecule has 0 saturated carbocycles. The summed E-state index contributed by atoms with van der Waals surface area (Å²) >= 11 is 0. The van der Waals surface area contributed by atoms with Gasteiger partial charge in [-0.25, -0.2) is 13.4 Å². The predicted molar refractivity (Wildman–Crippen MR) is 116 cm³/mol. The predicted octanol–water partition coefficient (Wildman–Crippen LogP) is 4.03. The number of hydrogen-bond donors (Lipinski definition) is 1. The molecule has 31 heavy (non-hydrogen) atoms. The molecule has 0 aliphatic rings. The first kappa shape index (κ1) is 20.4. The molecule has 0 atom stereocenters. The van der Waals surface area contributed by atoms with Gasteiger partial charge in [0.2, 0.25) is 0 Å². The summed E-state index contributed by atoms with van der Waals surface area (Å²) in [7, 11) is -2.67. The number of imidazole rings is 1. The Morgan fingerprint density at radius 2 is 1.94 bits per heavy atom. The molecular formula is C21H18N4O5S. The molecule has 0 bridgehead atoms. The lowest BCUT2D eigenvalue weighted by molar-refractivity contribution is -0.385. The number of pyridine rings is 1. The van der Waals surface area contributed by atoms with Crippen molar-refractivity contribution in [3.05, 3.63) is 82.7 Å². The first-order chi connectivity index (χ1) is 14.8. The molecule has 0 unspecified atom stereocenters. The van der Waals surface area contributed by atoms with Crippen LogP contribution in [0.3, 0.4) is 0 Å². The molecule has 158 valence electrons. The standard InChI is InChI=1S/C21H18N4O5S/c1-14-8-9-24-13-19(22-21(24)10-14)15-6-7-20(30-2)18(11-15)23-31(28,29)17-5-3-4-16(12-17)25(26)27/h3-13,23H,1-2H3. The van der Waals surface area contributed by atoms with Gasteiger partial charge in [-0.1, -0.05) is 6.07 Å². The molecule has 0 radical (unpaired) electrons. The maximum Gasteiger partial charge on any atom is 0.270 e. The highest BCUT2D eigenvalue weighted by molar-refractivity contribution is 7.92. The van der Waals surface area contributed by atoms with Crippen molar-refractivity contribution in [3.8, 4) is 17.0 Å². The van der Waals surface area contributed by atoms with E-state index >= 15 is 0 Å². The lowest BCUT2D eigenvalue weighted by Crippen LogP contribution is -2.14. The first-order valence-corrected chi connectivity index (χ1v) is 10.7. The van der Waals surface area contributed by atoms with Crippen LogP contribution >= 0.6 is 0 Å². The summed E-state index contributed by atoms with van der Waals surface area (Å²) in [5, 5.41) is 11.0. The van der Waals surface area contributed by atoms with Crippen LogP contribution in [-0.2, 0) is 10.0 Å². The summed E-state index contributed by atoms with van der Waals surface area (Å²) in [6.45, 7) is 1.97. The molecule has 10 heteroatoms. The minimum atomic E-state index is -4.09. The van der Waals surface area contributed by atoms with E-state index in [0.29, 0.717) is 17.0 Å². The van der Waals surface area contributed by atoms with Crippen LogP contribution in [-0.4, -0.2) is 29.8 Å². The highest BCUT2D eigenvalue weighted by atomic mass is 32.2. The third-order valence-corrected chi connectivity index (χ3v) is 6.06. The Kier molecular flexibility index (Phi) is 5.07. The number of nitrogens with zero attached hydrogens (tertiary/aromatic N) is 3. The molecule has 1 N–H and O–H groups in total. The maximum absolute atomic E-state index is 12.9. The largest absolute Gasteiger partial charge is 0.495 e. The Hall–Kier alpha value is -3.92. The number of nitrogens with one attached hydrogen (secondary N) is 1. The van der Waals surface area contributed by atoms with E-state index in [0.717, 1.165) is 17.3 Å². The number of aryl methyl sites for hydroxylation is 1. The SMILES string of the molecule is COc1ccc(-c2cn3ccc(C)cc3n2)cc1NS(=O)(=O)c1cccc([N+](=O)[O-])c1. The maximum atomic E-state index is 12.9. The number of nitro groups is 1. The summed E-state index contributed by atoms with van der Waals surface area (Å²) in [4.78, 5) is 14.7. The van der Waals surface area contributed by atoms with Gasteiger partial charge in [-0.2, -0.15) is 0 Å². The third-order valence-electron chi connectivity index (χ3n) is 4.69. The van der Waals surface area contributed by atoms with E-state index in [1.807, 2.05) is 35.9 Å². The summed E-state index contributed by atoms with van der Waals surface area (Å²) in [6.07, 6.45) is 3.74. The fourth-order valence-corrected chi connectivity index (χ4v) is 4.24. The van der Waals surface area contributed by atoms with E-state index in [-0.39, 0.29) is 16.3 Å². The van der Waals surface area contributed by atoms with Crippen LogP contribution in [0, 0.1) is 17.0 Å². The van der Waals surface area contributed by atoms with Crippen molar-refractivity contribution in [1.82, 2.24) is 9.38 Å². The lowest BCUT2D eigenvalue weighted by Gasteiger charge is -2.13. The Balaban J connectivity index is 1.73. The second-order valence-corrected chi connectivity index (χ2v) is 8.55. The van der Waals surface area contributed by atoms with Crippen LogP contribution in [0.15, 0.2) is 71.9 Å². The fourth-order valence-electron chi connectivity index (χ4n) is 3.14. The van der Waals surface area contributed by atoms with E-state index in [2.05, 4.69) is 9.71 Å².